The first-order valence-corrected chi connectivity index (χ1v) is 6.15. The van der Waals surface area contributed by atoms with Gasteiger partial charge >= 0.3 is 5.97 Å². The number of rotatable bonds is 3. The summed E-state index contributed by atoms with van der Waals surface area (Å²) in [5.74, 6) is 0.610. The van der Waals surface area contributed by atoms with Crippen molar-refractivity contribution in [1.29, 1.82) is 0 Å². The van der Waals surface area contributed by atoms with Crippen LogP contribution in [0.4, 0.5) is 0 Å². The summed E-state index contributed by atoms with van der Waals surface area (Å²) in [6.07, 6.45) is 3.35. The van der Waals surface area contributed by atoms with Crippen LogP contribution in [0, 0.1) is 5.92 Å². The molecule has 0 bridgehead atoms. The number of esters is 1. The van der Waals surface area contributed by atoms with Crippen LogP contribution in [-0.4, -0.2) is 17.7 Å². The summed E-state index contributed by atoms with van der Waals surface area (Å²) in [6.45, 7) is 2.28. The Hall–Kier alpha value is -1.51. The van der Waals surface area contributed by atoms with Crippen molar-refractivity contribution in [2.45, 2.75) is 32.6 Å². The maximum Gasteiger partial charge on any atom is 0.306 e. The van der Waals surface area contributed by atoms with Crippen molar-refractivity contribution in [3.63, 3.8) is 0 Å². The van der Waals surface area contributed by atoms with E-state index in [1.54, 1.807) is 6.07 Å². The lowest BCUT2D eigenvalue weighted by atomic mass is 9.82. The van der Waals surface area contributed by atoms with E-state index in [1.165, 1.54) is 11.1 Å². The van der Waals surface area contributed by atoms with Gasteiger partial charge in [0.2, 0.25) is 0 Å². The van der Waals surface area contributed by atoms with Crippen molar-refractivity contribution in [2.24, 2.45) is 5.92 Å². The third-order valence-electron chi connectivity index (χ3n) is 3.28. The molecule has 1 atom stereocenters. The van der Waals surface area contributed by atoms with Gasteiger partial charge in [0.05, 0.1) is 6.61 Å². The summed E-state index contributed by atoms with van der Waals surface area (Å²) in [7, 11) is 0. The number of carbonyl (C=O) groups excluding carboxylic acids is 1. The van der Waals surface area contributed by atoms with E-state index in [9.17, 15) is 9.90 Å². The zero-order valence-electron chi connectivity index (χ0n) is 10.1. The number of aryl methyl sites for hydroxylation is 1. The Morgan fingerprint density at radius 1 is 1.47 bits per heavy atom. The quantitative estimate of drug-likeness (QED) is 0.817. The van der Waals surface area contributed by atoms with Crippen molar-refractivity contribution in [2.75, 3.05) is 6.61 Å². The number of fused-ring (bicyclic) bond motifs is 1. The van der Waals surface area contributed by atoms with E-state index in [2.05, 4.69) is 0 Å². The fraction of sp³-hybridized carbons (Fsp3) is 0.500. The first-order chi connectivity index (χ1) is 8.19. The molecule has 3 nitrogen and oxygen atoms in total. The van der Waals surface area contributed by atoms with E-state index in [0.29, 0.717) is 24.7 Å². The number of carbonyl (C=O) groups is 1. The van der Waals surface area contributed by atoms with Gasteiger partial charge in [0, 0.05) is 6.42 Å². The summed E-state index contributed by atoms with van der Waals surface area (Å²) in [5, 5.41) is 9.40. The number of hydrogen-bond acceptors (Lipinski definition) is 3. The fourth-order valence-electron chi connectivity index (χ4n) is 2.45. The molecule has 1 N–H and O–H groups in total. The molecule has 0 unspecified atom stereocenters. The predicted octanol–water partition coefficient (Wildman–Crippen LogP) is 2.45. The van der Waals surface area contributed by atoms with E-state index in [4.69, 9.17) is 4.74 Å². The lowest BCUT2D eigenvalue weighted by Gasteiger charge is -2.23. The van der Waals surface area contributed by atoms with Gasteiger partial charge in [-0.1, -0.05) is 6.07 Å². The normalized spacial score (nSPS) is 18.5. The SMILES string of the molecule is CCOC(=O)C[C@@H]1CCc2cc(O)ccc2C1. The Morgan fingerprint density at radius 3 is 3.06 bits per heavy atom. The van der Waals surface area contributed by atoms with E-state index < -0.39 is 0 Å². The molecule has 0 heterocycles. The monoisotopic (exact) mass is 234 g/mol. The number of ether oxygens (including phenoxy) is 1. The van der Waals surface area contributed by atoms with Crippen LogP contribution in [0.1, 0.15) is 30.9 Å². The summed E-state index contributed by atoms with van der Waals surface area (Å²) in [4.78, 5) is 11.4. The highest BCUT2D eigenvalue weighted by molar-refractivity contribution is 5.69. The average molecular weight is 234 g/mol. The van der Waals surface area contributed by atoms with Crippen molar-refractivity contribution < 1.29 is 14.6 Å². The van der Waals surface area contributed by atoms with Crippen LogP contribution in [0.25, 0.3) is 0 Å². The van der Waals surface area contributed by atoms with Crippen LogP contribution in [0.3, 0.4) is 0 Å². The number of phenols is 1. The highest BCUT2D eigenvalue weighted by atomic mass is 16.5. The fourth-order valence-corrected chi connectivity index (χ4v) is 2.45. The van der Waals surface area contributed by atoms with Crippen molar-refractivity contribution in [1.82, 2.24) is 0 Å². The Bertz CT molecular complexity index is 412. The molecule has 0 saturated heterocycles. The third kappa shape index (κ3) is 2.99. The minimum Gasteiger partial charge on any atom is -0.508 e. The van der Waals surface area contributed by atoms with Gasteiger partial charge in [-0.2, -0.15) is 0 Å². The van der Waals surface area contributed by atoms with Crippen molar-refractivity contribution >= 4 is 5.97 Å². The van der Waals surface area contributed by atoms with Crippen LogP contribution >= 0.6 is 0 Å². The molecule has 1 aromatic carbocycles. The molecule has 0 amide bonds. The molecule has 0 spiro atoms. The lowest BCUT2D eigenvalue weighted by Crippen LogP contribution is -2.18. The van der Waals surface area contributed by atoms with E-state index in [1.807, 2.05) is 19.1 Å². The minimum absolute atomic E-state index is 0.0975. The molecule has 0 aliphatic heterocycles. The highest BCUT2D eigenvalue weighted by Crippen LogP contribution is 2.29. The zero-order valence-corrected chi connectivity index (χ0v) is 10.1. The molecule has 1 aliphatic rings. The molecule has 1 aromatic rings. The summed E-state index contributed by atoms with van der Waals surface area (Å²) >= 11 is 0. The van der Waals surface area contributed by atoms with Gasteiger partial charge in [0.25, 0.3) is 0 Å². The van der Waals surface area contributed by atoms with E-state index in [-0.39, 0.29) is 5.97 Å². The second kappa shape index (κ2) is 5.21. The van der Waals surface area contributed by atoms with Crippen molar-refractivity contribution in [3.05, 3.63) is 29.3 Å². The van der Waals surface area contributed by atoms with Crippen LogP contribution in [-0.2, 0) is 22.4 Å². The van der Waals surface area contributed by atoms with Gasteiger partial charge < -0.3 is 9.84 Å². The molecule has 92 valence electrons. The standard InChI is InChI=1S/C14H18O3/c1-2-17-14(16)8-10-3-4-12-9-13(15)6-5-11(12)7-10/h5-6,9-10,15H,2-4,7-8H2,1H3/t10-/m1/s1. The second-order valence-electron chi connectivity index (χ2n) is 4.57. The van der Waals surface area contributed by atoms with Gasteiger partial charge in [-0.05, 0) is 55.4 Å². The Kier molecular flexibility index (Phi) is 3.67. The molecule has 17 heavy (non-hydrogen) atoms. The Morgan fingerprint density at radius 2 is 2.29 bits per heavy atom. The van der Waals surface area contributed by atoms with Gasteiger partial charge in [-0.3, -0.25) is 4.79 Å². The van der Waals surface area contributed by atoms with Crippen LogP contribution in [0.15, 0.2) is 18.2 Å². The number of phenolic OH excluding ortho intramolecular Hbond substituents is 1. The van der Waals surface area contributed by atoms with Gasteiger partial charge in [0.15, 0.2) is 0 Å². The van der Waals surface area contributed by atoms with Crippen LogP contribution < -0.4 is 0 Å². The maximum atomic E-state index is 11.4. The number of benzene rings is 1. The van der Waals surface area contributed by atoms with Gasteiger partial charge in [-0.15, -0.1) is 0 Å². The van der Waals surface area contributed by atoms with E-state index >= 15 is 0 Å². The van der Waals surface area contributed by atoms with Crippen molar-refractivity contribution in [3.8, 4) is 5.75 Å². The first kappa shape index (κ1) is 12.0. The Labute approximate surface area is 101 Å². The molecule has 0 fully saturated rings. The lowest BCUT2D eigenvalue weighted by molar-refractivity contribution is -0.144. The summed E-state index contributed by atoms with van der Waals surface area (Å²) in [5.41, 5.74) is 2.47. The second-order valence-corrected chi connectivity index (χ2v) is 4.57. The predicted molar refractivity (Wildman–Crippen MR) is 64.9 cm³/mol. The third-order valence-corrected chi connectivity index (χ3v) is 3.28. The topological polar surface area (TPSA) is 46.5 Å². The van der Waals surface area contributed by atoms with Gasteiger partial charge in [0.1, 0.15) is 5.75 Å². The van der Waals surface area contributed by atoms with Crippen LogP contribution in [0.2, 0.25) is 0 Å². The molecule has 2 rings (SSSR count). The highest BCUT2D eigenvalue weighted by Gasteiger charge is 2.21. The smallest absolute Gasteiger partial charge is 0.306 e. The summed E-state index contributed by atoms with van der Waals surface area (Å²) < 4.78 is 4.97. The maximum absolute atomic E-state index is 11.4. The van der Waals surface area contributed by atoms with Crippen LogP contribution in [0.5, 0.6) is 5.75 Å². The minimum atomic E-state index is -0.0975. The first-order valence-electron chi connectivity index (χ1n) is 6.15. The largest absolute Gasteiger partial charge is 0.508 e. The van der Waals surface area contributed by atoms with E-state index in [0.717, 1.165) is 19.3 Å². The van der Waals surface area contributed by atoms with Gasteiger partial charge in [-0.25, -0.2) is 0 Å². The average Bonchev–Trinajstić information content (AvgIpc) is 2.29. The number of aromatic hydroxyl groups is 1. The number of hydrogen-bond donors (Lipinski definition) is 1. The molecular weight excluding hydrogens is 216 g/mol. The molecule has 0 saturated carbocycles. The molecule has 0 radical (unpaired) electrons. The zero-order chi connectivity index (χ0) is 12.3. The molecular formula is C14H18O3. The Balaban J connectivity index is 1.99. The molecule has 3 heteroatoms. The summed E-state index contributed by atoms with van der Waals surface area (Å²) in [6, 6.07) is 5.50. The molecule has 1 aliphatic carbocycles. The molecule has 0 aromatic heterocycles.